The summed E-state index contributed by atoms with van der Waals surface area (Å²) in [6.07, 6.45) is 2.34. The van der Waals surface area contributed by atoms with Gasteiger partial charge in [-0.15, -0.1) is 0 Å². The molecule has 0 heterocycles. The summed E-state index contributed by atoms with van der Waals surface area (Å²) in [6, 6.07) is 5.24. The summed E-state index contributed by atoms with van der Waals surface area (Å²) < 4.78 is 0.605. The van der Waals surface area contributed by atoms with E-state index in [9.17, 15) is 10.1 Å². The van der Waals surface area contributed by atoms with Gasteiger partial charge in [0.25, 0.3) is 5.69 Å². The van der Waals surface area contributed by atoms with Crippen molar-refractivity contribution >= 4 is 21.6 Å². The van der Waals surface area contributed by atoms with Crippen LogP contribution in [0.4, 0.5) is 5.69 Å². The van der Waals surface area contributed by atoms with Gasteiger partial charge >= 0.3 is 0 Å². The summed E-state index contributed by atoms with van der Waals surface area (Å²) in [7, 11) is 0. The molecule has 0 fully saturated rings. The molecule has 0 atom stereocenters. The average Bonchev–Trinajstić information content (AvgIpc) is 2.44. The second kappa shape index (κ2) is 8.37. The quantitative estimate of drug-likeness (QED) is 0.511. The lowest BCUT2D eigenvalue weighted by atomic mass is 10.0. The molecular formula is C15H23BrN2O2. The van der Waals surface area contributed by atoms with Crippen molar-refractivity contribution in [2.75, 3.05) is 13.1 Å². The van der Waals surface area contributed by atoms with Crippen LogP contribution in [0.1, 0.15) is 39.2 Å². The number of rotatable bonds is 8. The fourth-order valence-corrected chi connectivity index (χ4v) is 2.82. The van der Waals surface area contributed by atoms with Crippen LogP contribution >= 0.6 is 15.9 Å². The maximum Gasteiger partial charge on any atom is 0.283 e. The summed E-state index contributed by atoms with van der Waals surface area (Å²) in [4.78, 5) is 13.0. The first-order valence-corrected chi connectivity index (χ1v) is 7.96. The van der Waals surface area contributed by atoms with Crippen LogP contribution in [0.25, 0.3) is 0 Å². The molecule has 0 aromatic heterocycles. The van der Waals surface area contributed by atoms with E-state index in [1.165, 1.54) is 18.9 Å². The highest BCUT2D eigenvalue weighted by Gasteiger charge is 2.17. The van der Waals surface area contributed by atoms with E-state index in [2.05, 4.69) is 41.6 Å². The summed E-state index contributed by atoms with van der Waals surface area (Å²) in [5.74, 6) is 0.687. The maximum absolute atomic E-state index is 11.0. The predicted octanol–water partition coefficient (Wildman–Crippen LogP) is 4.62. The molecule has 5 heteroatoms. The van der Waals surface area contributed by atoms with E-state index < -0.39 is 0 Å². The van der Waals surface area contributed by atoms with Gasteiger partial charge in [0, 0.05) is 19.2 Å². The Morgan fingerprint density at radius 3 is 2.45 bits per heavy atom. The Morgan fingerprint density at radius 1 is 1.30 bits per heavy atom. The summed E-state index contributed by atoms with van der Waals surface area (Å²) in [6.45, 7) is 9.30. The second-order valence-electron chi connectivity index (χ2n) is 5.02. The van der Waals surface area contributed by atoms with E-state index in [0.717, 1.165) is 25.2 Å². The van der Waals surface area contributed by atoms with E-state index in [0.29, 0.717) is 10.4 Å². The lowest BCUT2D eigenvalue weighted by Crippen LogP contribution is -2.28. The first-order valence-electron chi connectivity index (χ1n) is 7.17. The number of halogens is 1. The molecule has 0 saturated carbocycles. The molecule has 0 bridgehead atoms. The standard InChI is InChI=1S/C15H23BrN2O2/c1-4-12(5-2)10-17(6-3)11-13-8-7-9-14(15(13)16)18(19)20/h7-9,12H,4-6,10-11H2,1-3H3. The molecule has 0 saturated heterocycles. The van der Waals surface area contributed by atoms with Gasteiger partial charge < -0.3 is 0 Å². The molecule has 1 aromatic rings. The van der Waals surface area contributed by atoms with E-state index in [1.54, 1.807) is 6.07 Å². The van der Waals surface area contributed by atoms with Crippen LogP contribution in [0.5, 0.6) is 0 Å². The number of hydrogen-bond donors (Lipinski definition) is 0. The first kappa shape index (κ1) is 17.1. The Hall–Kier alpha value is -0.940. The Kier molecular flexibility index (Phi) is 7.16. The SMILES string of the molecule is CCC(CC)CN(CC)Cc1cccc([N+](=O)[O-])c1Br. The van der Waals surface area contributed by atoms with Gasteiger partial charge in [-0.1, -0.05) is 45.7 Å². The number of nitro benzene ring substituents is 1. The fraction of sp³-hybridized carbons (Fsp3) is 0.600. The Balaban J connectivity index is 2.85. The zero-order chi connectivity index (χ0) is 15.1. The molecule has 0 spiro atoms. The molecule has 0 aliphatic rings. The molecule has 0 unspecified atom stereocenters. The van der Waals surface area contributed by atoms with Crippen LogP contribution in [0, 0.1) is 16.0 Å². The number of benzene rings is 1. The van der Waals surface area contributed by atoms with Gasteiger partial charge in [0.1, 0.15) is 0 Å². The molecule has 1 rings (SSSR count). The predicted molar refractivity (Wildman–Crippen MR) is 85.8 cm³/mol. The monoisotopic (exact) mass is 342 g/mol. The third kappa shape index (κ3) is 4.56. The van der Waals surface area contributed by atoms with Gasteiger partial charge in [0.05, 0.1) is 9.40 Å². The smallest absolute Gasteiger partial charge is 0.283 e. The molecule has 1 aromatic carbocycles. The van der Waals surface area contributed by atoms with Gasteiger partial charge in [-0.25, -0.2) is 0 Å². The molecule has 4 nitrogen and oxygen atoms in total. The van der Waals surface area contributed by atoms with Crippen molar-refractivity contribution in [3.8, 4) is 0 Å². The van der Waals surface area contributed by atoms with Gasteiger partial charge in [0.15, 0.2) is 0 Å². The van der Waals surface area contributed by atoms with Crippen molar-refractivity contribution in [2.24, 2.45) is 5.92 Å². The second-order valence-corrected chi connectivity index (χ2v) is 5.81. The molecule has 20 heavy (non-hydrogen) atoms. The molecule has 0 N–H and O–H groups in total. The van der Waals surface area contributed by atoms with E-state index in [-0.39, 0.29) is 10.6 Å². The highest BCUT2D eigenvalue weighted by Crippen LogP contribution is 2.29. The maximum atomic E-state index is 11.0. The van der Waals surface area contributed by atoms with Crippen molar-refractivity contribution in [1.82, 2.24) is 4.90 Å². The van der Waals surface area contributed by atoms with Crippen LogP contribution < -0.4 is 0 Å². The van der Waals surface area contributed by atoms with Crippen LogP contribution in [-0.4, -0.2) is 22.9 Å². The van der Waals surface area contributed by atoms with Crippen LogP contribution in [0.15, 0.2) is 22.7 Å². The molecule has 0 radical (unpaired) electrons. The topological polar surface area (TPSA) is 46.4 Å². The lowest BCUT2D eigenvalue weighted by molar-refractivity contribution is -0.385. The highest BCUT2D eigenvalue weighted by atomic mass is 79.9. The van der Waals surface area contributed by atoms with Gasteiger partial charge in [0.2, 0.25) is 0 Å². The summed E-state index contributed by atoms with van der Waals surface area (Å²) in [5.41, 5.74) is 1.12. The number of nitrogens with zero attached hydrogens (tertiary/aromatic N) is 2. The molecular weight excluding hydrogens is 320 g/mol. The minimum Gasteiger partial charge on any atom is -0.299 e. The van der Waals surface area contributed by atoms with Crippen LogP contribution in [0.2, 0.25) is 0 Å². The summed E-state index contributed by atoms with van der Waals surface area (Å²) >= 11 is 3.37. The number of hydrogen-bond acceptors (Lipinski definition) is 3. The Bertz CT molecular complexity index is 447. The van der Waals surface area contributed by atoms with E-state index >= 15 is 0 Å². The van der Waals surface area contributed by atoms with Crippen molar-refractivity contribution in [3.05, 3.63) is 38.3 Å². The molecule has 112 valence electrons. The van der Waals surface area contributed by atoms with E-state index in [4.69, 9.17) is 0 Å². The Morgan fingerprint density at radius 2 is 1.95 bits per heavy atom. The largest absolute Gasteiger partial charge is 0.299 e. The van der Waals surface area contributed by atoms with Crippen molar-refractivity contribution in [3.63, 3.8) is 0 Å². The summed E-state index contributed by atoms with van der Waals surface area (Å²) in [5, 5.41) is 11.0. The fourth-order valence-electron chi connectivity index (χ4n) is 2.29. The van der Waals surface area contributed by atoms with Crippen LogP contribution in [0.3, 0.4) is 0 Å². The van der Waals surface area contributed by atoms with E-state index in [1.807, 2.05) is 6.07 Å². The third-order valence-corrected chi connectivity index (χ3v) is 4.68. The van der Waals surface area contributed by atoms with Crippen molar-refractivity contribution in [2.45, 2.75) is 40.2 Å². The minimum atomic E-state index is -0.343. The van der Waals surface area contributed by atoms with Crippen LogP contribution in [-0.2, 0) is 6.54 Å². The number of nitro groups is 1. The lowest BCUT2D eigenvalue weighted by Gasteiger charge is -2.25. The van der Waals surface area contributed by atoms with Crippen molar-refractivity contribution < 1.29 is 4.92 Å². The first-order chi connectivity index (χ1) is 9.53. The molecule has 0 aliphatic heterocycles. The van der Waals surface area contributed by atoms with Gasteiger partial charge in [-0.2, -0.15) is 0 Å². The van der Waals surface area contributed by atoms with Gasteiger partial charge in [-0.05, 0) is 34.0 Å². The zero-order valence-electron chi connectivity index (χ0n) is 12.4. The Labute approximate surface area is 129 Å². The third-order valence-electron chi connectivity index (χ3n) is 3.77. The molecule has 0 aliphatic carbocycles. The minimum absolute atomic E-state index is 0.140. The highest BCUT2D eigenvalue weighted by molar-refractivity contribution is 9.10. The normalized spacial score (nSPS) is 11.3. The van der Waals surface area contributed by atoms with Gasteiger partial charge in [-0.3, -0.25) is 15.0 Å². The van der Waals surface area contributed by atoms with Crippen molar-refractivity contribution in [1.29, 1.82) is 0 Å². The zero-order valence-corrected chi connectivity index (χ0v) is 14.0. The molecule has 0 amide bonds. The average molecular weight is 343 g/mol.